The quantitative estimate of drug-likeness (QED) is 0.315. The zero-order chi connectivity index (χ0) is 21.5. The van der Waals surface area contributed by atoms with E-state index in [1.807, 2.05) is 6.07 Å². The summed E-state index contributed by atoms with van der Waals surface area (Å²) in [5, 5.41) is 19.0. The summed E-state index contributed by atoms with van der Waals surface area (Å²) in [5.41, 5.74) is 1.32. The van der Waals surface area contributed by atoms with E-state index >= 15 is 0 Å². The maximum atomic E-state index is 12.5. The Kier molecular flexibility index (Phi) is 6.71. The SMILES string of the molecule is CCOC(=O)Cc1csc(NC(=O)c2ccc(Nc3ccccc3)c([N+](=O)[O-])c2)n1. The number of amides is 1. The van der Waals surface area contributed by atoms with Gasteiger partial charge in [-0.3, -0.25) is 25.0 Å². The highest BCUT2D eigenvalue weighted by Crippen LogP contribution is 2.29. The van der Waals surface area contributed by atoms with Crippen molar-refractivity contribution in [3.8, 4) is 0 Å². The van der Waals surface area contributed by atoms with Crippen molar-refractivity contribution in [2.45, 2.75) is 13.3 Å². The number of hydrogen-bond acceptors (Lipinski definition) is 8. The lowest BCUT2D eigenvalue weighted by Gasteiger charge is -2.08. The minimum Gasteiger partial charge on any atom is -0.466 e. The lowest BCUT2D eigenvalue weighted by molar-refractivity contribution is -0.383. The molecule has 10 heteroatoms. The highest BCUT2D eigenvalue weighted by molar-refractivity contribution is 7.14. The number of ether oxygens (including phenoxy) is 1. The number of nitrogens with one attached hydrogen (secondary N) is 2. The van der Waals surface area contributed by atoms with Crippen molar-refractivity contribution in [3.05, 3.63) is 75.3 Å². The van der Waals surface area contributed by atoms with Crippen LogP contribution in [0.3, 0.4) is 0 Å². The molecule has 3 rings (SSSR count). The predicted molar refractivity (Wildman–Crippen MR) is 113 cm³/mol. The molecule has 0 aliphatic carbocycles. The molecule has 30 heavy (non-hydrogen) atoms. The van der Waals surface area contributed by atoms with Crippen LogP contribution in [0.2, 0.25) is 0 Å². The number of aromatic nitrogens is 1. The molecule has 0 saturated carbocycles. The molecule has 2 aromatic carbocycles. The lowest BCUT2D eigenvalue weighted by atomic mass is 10.1. The molecule has 1 amide bonds. The Morgan fingerprint density at radius 1 is 1.20 bits per heavy atom. The largest absolute Gasteiger partial charge is 0.466 e. The fourth-order valence-electron chi connectivity index (χ4n) is 2.58. The molecule has 154 valence electrons. The number of nitrogens with zero attached hydrogens (tertiary/aromatic N) is 2. The van der Waals surface area contributed by atoms with Gasteiger partial charge in [0.1, 0.15) is 5.69 Å². The summed E-state index contributed by atoms with van der Waals surface area (Å²) in [5.74, 6) is -0.945. The summed E-state index contributed by atoms with van der Waals surface area (Å²) < 4.78 is 4.86. The second kappa shape index (κ2) is 9.61. The minimum absolute atomic E-state index is 0.00549. The number of esters is 1. The van der Waals surface area contributed by atoms with Crippen LogP contribution in [0.1, 0.15) is 23.0 Å². The summed E-state index contributed by atoms with van der Waals surface area (Å²) in [4.78, 5) is 39.1. The van der Waals surface area contributed by atoms with Gasteiger partial charge in [0.15, 0.2) is 5.13 Å². The highest BCUT2D eigenvalue weighted by Gasteiger charge is 2.19. The molecular weight excluding hydrogens is 408 g/mol. The maximum absolute atomic E-state index is 12.5. The van der Waals surface area contributed by atoms with Gasteiger partial charge in [-0.25, -0.2) is 4.98 Å². The van der Waals surface area contributed by atoms with Gasteiger partial charge in [0.25, 0.3) is 11.6 Å². The Balaban J connectivity index is 1.73. The standard InChI is InChI=1S/C20H18N4O5S/c1-2-29-18(25)11-15-12-30-20(22-15)23-19(26)13-8-9-16(17(10-13)24(27)28)21-14-6-4-3-5-7-14/h3-10,12,21H,2,11H2,1H3,(H,22,23,26). The monoisotopic (exact) mass is 426 g/mol. The minimum atomic E-state index is -0.553. The highest BCUT2D eigenvalue weighted by atomic mass is 32.1. The Morgan fingerprint density at radius 3 is 2.67 bits per heavy atom. The van der Waals surface area contributed by atoms with Gasteiger partial charge >= 0.3 is 5.97 Å². The van der Waals surface area contributed by atoms with Crippen molar-refractivity contribution in [1.82, 2.24) is 4.98 Å². The molecule has 0 fully saturated rings. The number of carbonyl (C=O) groups excluding carboxylic acids is 2. The second-order valence-electron chi connectivity index (χ2n) is 6.06. The number of rotatable bonds is 8. The Bertz CT molecular complexity index is 1070. The molecule has 0 aliphatic rings. The van der Waals surface area contributed by atoms with Gasteiger partial charge in [-0.1, -0.05) is 18.2 Å². The molecule has 0 bridgehead atoms. The molecule has 0 atom stereocenters. The summed E-state index contributed by atoms with van der Waals surface area (Å²) in [7, 11) is 0. The normalized spacial score (nSPS) is 10.3. The number of para-hydroxylation sites is 1. The maximum Gasteiger partial charge on any atom is 0.311 e. The first-order chi connectivity index (χ1) is 14.5. The zero-order valence-electron chi connectivity index (χ0n) is 16.0. The number of nitro benzene ring substituents is 1. The predicted octanol–water partition coefficient (Wildman–Crippen LogP) is 4.15. The third kappa shape index (κ3) is 5.39. The van der Waals surface area contributed by atoms with E-state index in [0.29, 0.717) is 11.4 Å². The smallest absolute Gasteiger partial charge is 0.311 e. The van der Waals surface area contributed by atoms with E-state index in [2.05, 4.69) is 15.6 Å². The molecule has 0 saturated heterocycles. The summed E-state index contributed by atoms with van der Waals surface area (Å²) in [6.45, 7) is 1.99. The molecule has 0 unspecified atom stereocenters. The van der Waals surface area contributed by atoms with Crippen molar-refractivity contribution in [3.63, 3.8) is 0 Å². The summed E-state index contributed by atoms with van der Waals surface area (Å²) in [6, 6.07) is 13.2. The molecule has 0 radical (unpaired) electrons. The molecule has 1 heterocycles. The Labute approximate surface area is 175 Å². The number of thiazole rings is 1. The number of anilines is 3. The zero-order valence-corrected chi connectivity index (χ0v) is 16.8. The fraction of sp³-hybridized carbons (Fsp3) is 0.150. The van der Waals surface area contributed by atoms with Crippen molar-refractivity contribution in [1.29, 1.82) is 0 Å². The first kappa shape index (κ1) is 20.9. The number of hydrogen-bond donors (Lipinski definition) is 2. The Morgan fingerprint density at radius 2 is 1.97 bits per heavy atom. The van der Waals surface area contributed by atoms with Gasteiger partial charge < -0.3 is 10.1 Å². The number of benzene rings is 2. The van der Waals surface area contributed by atoms with Crippen LogP contribution in [0.25, 0.3) is 0 Å². The van der Waals surface area contributed by atoms with Gasteiger partial charge in [-0.05, 0) is 31.2 Å². The first-order valence-electron chi connectivity index (χ1n) is 8.98. The molecule has 3 aromatic rings. The molecule has 0 spiro atoms. The number of carbonyl (C=O) groups is 2. The lowest BCUT2D eigenvalue weighted by Crippen LogP contribution is -2.13. The van der Waals surface area contributed by atoms with Crippen LogP contribution in [0.5, 0.6) is 0 Å². The third-order valence-corrected chi connectivity index (χ3v) is 4.72. The van der Waals surface area contributed by atoms with Crippen LogP contribution < -0.4 is 10.6 Å². The van der Waals surface area contributed by atoms with E-state index in [1.165, 1.54) is 18.2 Å². The van der Waals surface area contributed by atoms with Crippen LogP contribution >= 0.6 is 11.3 Å². The van der Waals surface area contributed by atoms with Crippen molar-refractivity contribution in [2.75, 3.05) is 17.2 Å². The first-order valence-corrected chi connectivity index (χ1v) is 9.86. The molecule has 9 nitrogen and oxygen atoms in total. The van der Waals surface area contributed by atoms with E-state index < -0.39 is 16.8 Å². The van der Waals surface area contributed by atoms with Gasteiger partial charge in [-0.2, -0.15) is 0 Å². The van der Waals surface area contributed by atoms with Crippen molar-refractivity contribution >= 4 is 45.4 Å². The molecular formula is C20H18N4O5S. The molecule has 0 aliphatic heterocycles. The van der Waals surface area contributed by atoms with Crippen LogP contribution in [-0.4, -0.2) is 28.4 Å². The van der Waals surface area contributed by atoms with E-state index in [-0.39, 0.29) is 35.1 Å². The average Bonchev–Trinajstić information content (AvgIpc) is 3.15. The Hall–Kier alpha value is -3.79. The van der Waals surface area contributed by atoms with Gasteiger partial charge in [0, 0.05) is 22.7 Å². The van der Waals surface area contributed by atoms with Crippen LogP contribution in [0.15, 0.2) is 53.9 Å². The van der Waals surface area contributed by atoms with E-state index in [4.69, 9.17) is 4.74 Å². The van der Waals surface area contributed by atoms with Crippen LogP contribution in [-0.2, 0) is 16.0 Å². The van der Waals surface area contributed by atoms with E-state index in [0.717, 1.165) is 11.3 Å². The van der Waals surface area contributed by atoms with Crippen LogP contribution in [0, 0.1) is 10.1 Å². The average molecular weight is 426 g/mol. The fourth-order valence-corrected chi connectivity index (χ4v) is 3.29. The summed E-state index contributed by atoms with van der Waals surface area (Å²) >= 11 is 1.15. The van der Waals surface area contributed by atoms with Crippen molar-refractivity contribution in [2.24, 2.45) is 0 Å². The second-order valence-corrected chi connectivity index (χ2v) is 6.92. The molecule has 1 aromatic heterocycles. The van der Waals surface area contributed by atoms with E-state index in [9.17, 15) is 19.7 Å². The topological polar surface area (TPSA) is 123 Å². The van der Waals surface area contributed by atoms with Gasteiger partial charge in [-0.15, -0.1) is 11.3 Å². The molecule has 2 N–H and O–H groups in total. The summed E-state index contributed by atoms with van der Waals surface area (Å²) in [6.07, 6.45) is 0.00549. The third-order valence-electron chi connectivity index (χ3n) is 3.91. The van der Waals surface area contributed by atoms with Crippen LogP contribution in [0.4, 0.5) is 22.2 Å². The van der Waals surface area contributed by atoms with E-state index in [1.54, 1.807) is 36.6 Å². The van der Waals surface area contributed by atoms with Gasteiger partial charge in [0.05, 0.1) is 23.6 Å². The van der Waals surface area contributed by atoms with Gasteiger partial charge in [0.2, 0.25) is 0 Å². The number of nitro groups is 1. The van der Waals surface area contributed by atoms with Crippen molar-refractivity contribution < 1.29 is 19.2 Å².